The van der Waals surface area contributed by atoms with Gasteiger partial charge in [0.1, 0.15) is 0 Å². The molecule has 0 saturated carbocycles. The molecule has 0 aliphatic carbocycles. The van der Waals surface area contributed by atoms with Crippen LogP contribution in [-0.2, 0) is 0 Å². The summed E-state index contributed by atoms with van der Waals surface area (Å²) in [6.45, 7) is 9.28. The lowest BCUT2D eigenvalue weighted by Gasteiger charge is -2.37. The highest BCUT2D eigenvalue weighted by atomic mass is 16.2. The lowest BCUT2D eigenvalue weighted by molar-refractivity contribution is 0.134. The lowest BCUT2D eigenvalue weighted by atomic mass is 9.95. The molecule has 2 atom stereocenters. The predicted octanol–water partition coefficient (Wildman–Crippen LogP) is 3.51. The first kappa shape index (κ1) is 17.3. The van der Waals surface area contributed by atoms with E-state index < -0.39 is 0 Å². The standard InChI is InChI=1S/C20H31N3O/c1-16-8-11-22(12-9-16)19(18-6-4-3-5-7-18)14-21-20(24)23-13-10-17(2)15-23/h3-7,16-17,19H,8-15H2,1-2H3,(H,21,24). The van der Waals surface area contributed by atoms with E-state index in [0.717, 1.165) is 38.5 Å². The molecule has 3 rings (SSSR count). The van der Waals surface area contributed by atoms with Crippen molar-refractivity contribution in [2.75, 3.05) is 32.7 Å². The fraction of sp³-hybridized carbons (Fsp3) is 0.650. The number of hydrogen-bond acceptors (Lipinski definition) is 2. The molecular formula is C20H31N3O. The van der Waals surface area contributed by atoms with Crippen molar-refractivity contribution in [2.45, 2.75) is 39.2 Å². The third-order valence-corrected chi connectivity index (χ3v) is 5.60. The van der Waals surface area contributed by atoms with Crippen molar-refractivity contribution in [3.63, 3.8) is 0 Å². The van der Waals surface area contributed by atoms with Gasteiger partial charge in [0, 0.05) is 19.6 Å². The first-order valence-corrected chi connectivity index (χ1v) is 9.45. The minimum Gasteiger partial charge on any atom is -0.336 e. The molecule has 1 aromatic carbocycles. The van der Waals surface area contributed by atoms with Gasteiger partial charge in [0.15, 0.2) is 0 Å². The van der Waals surface area contributed by atoms with Gasteiger partial charge in [-0.3, -0.25) is 4.90 Å². The molecule has 0 radical (unpaired) electrons. The molecule has 2 amide bonds. The number of nitrogens with zero attached hydrogens (tertiary/aromatic N) is 2. The molecule has 0 spiro atoms. The Kier molecular flexibility index (Phi) is 5.77. The predicted molar refractivity (Wildman–Crippen MR) is 97.9 cm³/mol. The second-order valence-corrected chi connectivity index (χ2v) is 7.67. The van der Waals surface area contributed by atoms with Crippen LogP contribution in [0.15, 0.2) is 30.3 Å². The van der Waals surface area contributed by atoms with Crippen LogP contribution in [0.5, 0.6) is 0 Å². The maximum Gasteiger partial charge on any atom is 0.317 e. The number of urea groups is 1. The first-order valence-electron chi connectivity index (χ1n) is 9.45. The molecule has 2 aliphatic rings. The van der Waals surface area contributed by atoms with Gasteiger partial charge in [-0.25, -0.2) is 4.79 Å². The van der Waals surface area contributed by atoms with Gasteiger partial charge in [0.2, 0.25) is 0 Å². The van der Waals surface area contributed by atoms with E-state index in [4.69, 9.17) is 0 Å². The summed E-state index contributed by atoms with van der Waals surface area (Å²) >= 11 is 0. The molecule has 0 bridgehead atoms. The van der Waals surface area contributed by atoms with Gasteiger partial charge in [0.05, 0.1) is 6.04 Å². The second kappa shape index (κ2) is 8.02. The van der Waals surface area contributed by atoms with Crippen LogP contribution in [0, 0.1) is 11.8 Å². The largest absolute Gasteiger partial charge is 0.336 e. The molecule has 2 saturated heterocycles. The number of carbonyl (C=O) groups is 1. The maximum atomic E-state index is 12.5. The molecule has 4 heteroatoms. The molecule has 132 valence electrons. The highest BCUT2D eigenvalue weighted by molar-refractivity contribution is 5.74. The summed E-state index contributed by atoms with van der Waals surface area (Å²) in [5.41, 5.74) is 1.31. The zero-order chi connectivity index (χ0) is 16.9. The smallest absolute Gasteiger partial charge is 0.317 e. The fourth-order valence-corrected chi connectivity index (χ4v) is 3.89. The van der Waals surface area contributed by atoms with E-state index in [0.29, 0.717) is 12.5 Å². The normalized spacial score (nSPS) is 24.1. The Balaban J connectivity index is 1.63. The van der Waals surface area contributed by atoms with Gasteiger partial charge in [-0.2, -0.15) is 0 Å². The van der Waals surface area contributed by atoms with Crippen molar-refractivity contribution < 1.29 is 4.79 Å². The van der Waals surface area contributed by atoms with Gasteiger partial charge in [-0.15, -0.1) is 0 Å². The number of carbonyl (C=O) groups excluding carboxylic acids is 1. The molecule has 1 aromatic rings. The molecule has 24 heavy (non-hydrogen) atoms. The lowest BCUT2D eigenvalue weighted by Crippen LogP contribution is -2.45. The monoisotopic (exact) mass is 329 g/mol. The number of hydrogen-bond donors (Lipinski definition) is 1. The summed E-state index contributed by atoms with van der Waals surface area (Å²) in [5, 5.41) is 3.20. The van der Waals surface area contributed by atoms with Crippen LogP contribution in [0.2, 0.25) is 0 Å². The van der Waals surface area contributed by atoms with E-state index >= 15 is 0 Å². The molecule has 4 nitrogen and oxygen atoms in total. The summed E-state index contributed by atoms with van der Waals surface area (Å²) in [6, 6.07) is 11.0. The van der Waals surface area contributed by atoms with Crippen LogP contribution in [0.1, 0.15) is 44.7 Å². The number of rotatable bonds is 4. The Labute approximate surface area is 146 Å². The Bertz CT molecular complexity index is 525. The third-order valence-electron chi connectivity index (χ3n) is 5.60. The number of benzene rings is 1. The summed E-state index contributed by atoms with van der Waals surface area (Å²) in [4.78, 5) is 17.0. The second-order valence-electron chi connectivity index (χ2n) is 7.67. The highest BCUT2D eigenvalue weighted by Crippen LogP contribution is 2.26. The zero-order valence-corrected chi connectivity index (χ0v) is 15.1. The van der Waals surface area contributed by atoms with Crippen LogP contribution in [0.4, 0.5) is 4.79 Å². The number of likely N-dealkylation sites (tertiary alicyclic amines) is 2. The fourth-order valence-electron chi connectivity index (χ4n) is 3.89. The number of piperidine rings is 1. The zero-order valence-electron chi connectivity index (χ0n) is 15.1. The van der Waals surface area contributed by atoms with E-state index in [-0.39, 0.29) is 12.1 Å². The summed E-state index contributed by atoms with van der Waals surface area (Å²) in [7, 11) is 0. The molecule has 2 aliphatic heterocycles. The average Bonchev–Trinajstić information content (AvgIpc) is 3.04. The van der Waals surface area contributed by atoms with Gasteiger partial charge >= 0.3 is 6.03 Å². The quantitative estimate of drug-likeness (QED) is 0.917. The average molecular weight is 329 g/mol. The van der Waals surface area contributed by atoms with Gasteiger partial charge < -0.3 is 10.2 Å². The molecule has 2 unspecified atom stereocenters. The minimum atomic E-state index is 0.102. The Morgan fingerprint density at radius 1 is 1.08 bits per heavy atom. The summed E-state index contributed by atoms with van der Waals surface area (Å²) in [5.74, 6) is 1.45. The molecule has 0 aromatic heterocycles. The van der Waals surface area contributed by atoms with Crippen LogP contribution < -0.4 is 5.32 Å². The van der Waals surface area contributed by atoms with Crippen molar-refractivity contribution >= 4 is 6.03 Å². The Morgan fingerprint density at radius 3 is 2.38 bits per heavy atom. The van der Waals surface area contributed by atoms with Crippen molar-refractivity contribution in [3.05, 3.63) is 35.9 Å². The van der Waals surface area contributed by atoms with Gasteiger partial charge in [0.25, 0.3) is 0 Å². The van der Waals surface area contributed by atoms with Crippen LogP contribution >= 0.6 is 0 Å². The van der Waals surface area contributed by atoms with E-state index in [1.807, 2.05) is 4.90 Å². The van der Waals surface area contributed by atoms with Crippen LogP contribution in [0.3, 0.4) is 0 Å². The van der Waals surface area contributed by atoms with Crippen molar-refractivity contribution in [1.82, 2.24) is 15.1 Å². The number of nitrogens with one attached hydrogen (secondary N) is 1. The maximum absolute atomic E-state index is 12.5. The SMILES string of the molecule is CC1CCN(C(CNC(=O)N2CCC(C)C2)c2ccccc2)CC1. The van der Waals surface area contributed by atoms with Gasteiger partial charge in [-0.1, -0.05) is 44.2 Å². The number of amides is 2. The summed E-state index contributed by atoms with van der Waals surface area (Å²) < 4.78 is 0. The van der Waals surface area contributed by atoms with E-state index in [1.54, 1.807) is 0 Å². The van der Waals surface area contributed by atoms with Crippen LogP contribution in [0.25, 0.3) is 0 Å². The minimum absolute atomic E-state index is 0.102. The van der Waals surface area contributed by atoms with Crippen molar-refractivity contribution in [2.24, 2.45) is 11.8 Å². The Morgan fingerprint density at radius 2 is 1.75 bits per heavy atom. The van der Waals surface area contributed by atoms with Crippen LogP contribution in [-0.4, -0.2) is 48.6 Å². The topological polar surface area (TPSA) is 35.6 Å². The van der Waals surface area contributed by atoms with E-state index in [1.165, 1.54) is 18.4 Å². The van der Waals surface area contributed by atoms with E-state index in [9.17, 15) is 4.79 Å². The molecule has 1 N–H and O–H groups in total. The summed E-state index contributed by atoms with van der Waals surface area (Å²) in [6.07, 6.45) is 3.63. The Hall–Kier alpha value is -1.55. The third kappa shape index (κ3) is 4.29. The molecule has 2 heterocycles. The molecule has 2 fully saturated rings. The van der Waals surface area contributed by atoms with Crippen molar-refractivity contribution in [1.29, 1.82) is 0 Å². The molecular weight excluding hydrogens is 298 g/mol. The van der Waals surface area contributed by atoms with E-state index in [2.05, 4.69) is 54.4 Å². The van der Waals surface area contributed by atoms with Gasteiger partial charge in [-0.05, 0) is 49.8 Å². The highest BCUT2D eigenvalue weighted by Gasteiger charge is 2.27. The van der Waals surface area contributed by atoms with Crippen molar-refractivity contribution in [3.8, 4) is 0 Å². The first-order chi connectivity index (χ1) is 11.6.